The van der Waals surface area contributed by atoms with E-state index in [1.807, 2.05) is 56.3 Å². The smallest absolute Gasteiger partial charge is 0.242 e. The third-order valence-corrected chi connectivity index (χ3v) is 5.78. The summed E-state index contributed by atoms with van der Waals surface area (Å²) in [6.07, 6.45) is 4.60. The van der Waals surface area contributed by atoms with E-state index in [9.17, 15) is 9.59 Å². The number of carbonyl (C=O) groups excluding carboxylic acids is 2. The first-order chi connectivity index (χ1) is 13.9. The number of halogens is 1. The fraction of sp³-hybridized carbons (Fsp3) is 0.417. The highest BCUT2D eigenvalue weighted by atomic mass is 35.5. The molecule has 154 valence electrons. The molecule has 2 amide bonds. The minimum Gasteiger partial charge on any atom is -0.352 e. The maximum absolute atomic E-state index is 13.2. The minimum atomic E-state index is -0.549. The van der Waals surface area contributed by atoms with Crippen molar-refractivity contribution in [1.29, 1.82) is 0 Å². The van der Waals surface area contributed by atoms with Crippen molar-refractivity contribution >= 4 is 23.4 Å². The summed E-state index contributed by atoms with van der Waals surface area (Å²) in [5.41, 5.74) is 2.98. The van der Waals surface area contributed by atoms with E-state index in [4.69, 9.17) is 11.6 Å². The van der Waals surface area contributed by atoms with Gasteiger partial charge in [0.05, 0.1) is 6.42 Å². The Balaban J connectivity index is 1.77. The molecule has 1 saturated carbocycles. The number of benzene rings is 2. The van der Waals surface area contributed by atoms with E-state index in [2.05, 4.69) is 5.32 Å². The first kappa shape index (κ1) is 21.4. The second-order valence-corrected chi connectivity index (χ2v) is 8.42. The zero-order valence-electron chi connectivity index (χ0n) is 17.2. The lowest BCUT2D eigenvalue weighted by atomic mass is 10.1. The summed E-state index contributed by atoms with van der Waals surface area (Å²) in [6, 6.07) is 15.0. The standard InChI is InChI=1S/C24H29ClN2O2/c1-17-7-5-8-19(13-17)15-23(28)27(16-20-9-6-10-21(25)14-20)18(2)24(29)26-22-11-3-4-12-22/h5-10,13-14,18,22H,3-4,11-12,15-16H2,1-2H3,(H,26,29)/t18-/m0/s1. The van der Waals surface area contributed by atoms with E-state index in [1.54, 1.807) is 11.0 Å². The molecule has 1 aliphatic carbocycles. The zero-order valence-corrected chi connectivity index (χ0v) is 17.9. The summed E-state index contributed by atoms with van der Waals surface area (Å²) < 4.78 is 0. The molecule has 1 aliphatic rings. The number of aryl methyl sites for hydroxylation is 1. The lowest BCUT2D eigenvalue weighted by Gasteiger charge is -2.30. The average Bonchev–Trinajstić information content (AvgIpc) is 3.18. The SMILES string of the molecule is Cc1cccc(CC(=O)N(Cc2cccc(Cl)c2)[C@@H](C)C(=O)NC2CCCC2)c1. The van der Waals surface area contributed by atoms with Gasteiger partial charge >= 0.3 is 0 Å². The Kier molecular flexibility index (Phi) is 7.32. The van der Waals surface area contributed by atoms with Crippen molar-refractivity contribution in [2.75, 3.05) is 0 Å². The Labute approximate surface area is 178 Å². The molecule has 5 heteroatoms. The van der Waals surface area contributed by atoms with Gasteiger partial charge in [-0.2, -0.15) is 0 Å². The highest BCUT2D eigenvalue weighted by Gasteiger charge is 2.28. The highest BCUT2D eigenvalue weighted by molar-refractivity contribution is 6.30. The quantitative estimate of drug-likeness (QED) is 0.718. The van der Waals surface area contributed by atoms with Crippen molar-refractivity contribution in [2.45, 2.75) is 64.6 Å². The van der Waals surface area contributed by atoms with Crippen LogP contribution in [0.3, 0.4) is 0 Å². The van der Waals surface area contributed by atoms with Crippen LogP contribution in [-0.2, 0) is 22.6 Å². The van der Waals surface area contributed by atoms with Gasteiger partial charge in [-0.15, -0.1) is 0 Å². The third kappa shape index (κ3) is 6.07. The number of amides is 2. The van der Waals surface area contributed by atoms with Crippen molar-refractivity contribution in [3.05, 3.63) is 70.2 Å². The maximum Gasteiger partial charge on any atom is 0.242 e. The van der Waals surface area contributed by atoms with Gasteiger partial charge in [-0.3, -0.25) is 9.59 Å². The maximum atomic E-state index is 13.2. The van der Waals surface area contributed by atoms with Crippen LogP contribution in [0.5, 0.6) is 0 Å². The molecule has 0 heterocycles. The predicted molar refractivity (Wildman–Crippen MR) is 117 cm³/mol. The van der Waals surface area contributed by atoms with Crippen molar-refractivity contribution in [3.63, 3.8) is 0 Å². The van der Waals surface area contributed by atoms with Crippen molar-refractivity contribution < 1.29 is 9.59 Å². The first-order valence-corrected chi connectivity index (χ1v) is 10.7. The molecular formula is C24H29ClN2O2. The highest BCUT2D eigenvalue weighted by Crippen LogP contribution is 2.19. The van der Waals surface area contributed by atoms with Gasteiger partial charge in [-0.1, -0.05) is 66.4 Å². The van der Waals surface area contributed by atoms with Gasteiger partial charge in [0.2, 0.25) is 11.8 Å². The van der Waals surface area contributed by atoms with E-state index in [1.165, 1.54) is 0 Å². The van der Waals surface area contributed by atoms with Gasteiger partial charge in [0, 0.05) is 17.6 Å². The molecule has 0 spiro atoms. The number of rotatable bonds is 7. The molecule has 0 bridgehead atoms. The number of nitrogens with zero attached hydrogens (tertiary/aromatic N) is 1. The molecule has 2 aromatic rings. The molecule has 0 aromatic heterocycles. The van der Waals surface area contributed by atoms with Crippen LogP contribution in [0.15, 0.2) is 48.5 Å². The van der Waals surface area contributed by atoms with Gasteiger partial charge in [-0.05, 0) is 49.9 Å². The van der Waals surface area contributed by atoms with E-state index in [-0.39, 0.29) is 24.3 Å². The molecule has 1 N–H and O–H groups in total. The van der Waals surface area contributed by atoms with E-state index >= 15 is 0 Å². The van der Waals surface area contributed by atoms with Crippen LogP contribution in [0.1, 0.15) is 49.3 Å². The normalized spacial score (nSPS) is 15.1. The van der Waals surface area contributed by atoms with E-state index < -0.39 is 6.04 Å². The molecule has 0 unspecified atom stereocenters. The Morgan fingerprint density at radius 1 is 1.10 bits per heavy atom. The zero-order chi connectivity index (χ0) is 20.8. The third-order valence-electron chi connectivity index (χ3n) is 5.55. The molecule has 3 rings (SSSR count). The summed E-state index contributed by atoms with van der Waals surface area (Å²) >= 11 is 6.13. The van der Waals surface area contributed by atoms with Crippen LogP contribution in [0.2, 0.25) is 5.02 Å². The van der Waals surface area contributed by atoms with E-state index in [0.29, 0.717) is 11.6 Å². The topological polar surface area (TPSA) is 49.4 Å². The monoisotopic (exact) mass is 412 g/mol. The minimum absolute atomic E-state index is 0.0651. The molecule has 0 aliphatic heterocycles. The van der Waals surface area contributed by atoms with Gasteiger partial charge in [0.15, 0.2) is 0 Å². The molecule has 1 atom stereocenters. The second kappa shape index (κ2) is 9.93. The number of hydrogen-bond acceptors (Lipinski definition) is 2. The average molecular weight is 413 g/mol. The molecule has 1 fully saturated rings. The van der Waals surface area contributed by atoms with Crippen LogP contribution in [0.4, 0.5) is 0 Å². The molecule has 29 heavy (non-hydrogen) atoms. The number of hydrogen-bond donors (Lipinski definition) is 1. The molecular weight excluding hydrogens is 384 g/mol. The fourth-order valence-electron chi connectivity index (χ4n) is 3.90. The van der Waals surface area contributed by atoms with Crippen LogP contribution in [0.25, 0.3) is 0 Å². The lowest BCUT2D eigenvalue weighted by Crippen LogP contribution is -2.50. The summed E-state index contributed by atoms with van der Waals surface area (Å²) in [5, 5.41) is 3.75. The fourth-order valence-corrected chi connectivity index (χ4v) is 4.12. The predicted octanol–water partition coefficient (Wildman–Crippen LogP) is 4.67. The van der Waals surface area contributed by atoms with Crippen molar-refractivity contribution in [1.82, 2.24) is 10.2 Å². The number of carbonyl (C=O) groups is 2. The van der Waals surface area contributed by atoms with Gasteiger partial charge < -0.3 is 10.2 Å². The summed E-state index contributed by atoms with van der Waals surface area (Å²) in [5.74, 6) is -0.152. The molecule has 4 nitrogen and oxygen atoms in total. The summed E-state index contributed by atoms with van der Waals surface area (Å²) in [7, 11) is 0. The van der Waals surface area contributed by atoms with Gasteiger partial charge in [0.25, 0.3) is 0 Å². The summed E-state index contributed by atoms with van der Waals surface area (Å²) in [6.45, 7) is 4.17. The molecule has 0 saturated heterocycles. The second-order valence-electron chi connectivity index (χ2n) is 7.98. The van der Waals surface area contributed by atoms with Crippen LogP contribution in [-0.4, -0.2) is 28.8 Å². The van der Waals surface area contributed by atoms with Crippen LogP contribution < -0.4 is 5.32 Å². The Hall–Kier alpha value is -2.33. The molecule has 0 radical (unpaired) electrons. The van der Waals surface area contributed by atoms with Crippen molar-refractivity contribution in [2.24, 2.45) is 0 Å². The van der Waals surface area contributed by atoms with E-state index in [0.717, 1.165) is 42.4 Å². The van der Waals surface area contributed by atoms with Crippen LogP contribution in [0, 0.1) is 6.92 Å². The number of nitrogens with one attached hydrogen (secondary N) is 1. The Morgan fingerprint density at radius 3 is 2.48 bits per heavy atom. The Bertz CT molecular complexity index is 861. The lowest BCUT2D eigenvalue weighted by molar-refractivity contribution is -0.140. The summed E-state index contributed by atoms with van der Waals surface area (Å²) in [4.78, 5) is 27.8. The van der Waals surface area contributed by atoms with Crippen molar-refractivity contribution in [3.8, 4) is 0 Å². The first-order valence-electron chi connectivity index (χ1n) is 10.3. The van der Waals surface area contributed by atoms with Gasteiger partial charge in [0.1, 0.15) is 6.04 Å². The van der Waals surface area contributed by atoms with Crippen LogP contribution >= 0.6 is 11.6 Å². The Morgan fingerprint density at radius 2 is 1.79 bits per heavy atom. The van der Waals surface area contributed by atoms with Gasteiger partial charge in [-0.25, -0.2) is 0 Å². The molecule has 2 aromatic carbocycles. The largest absolute Gasteiger partial charge is 0.352 e.